The molecule has 2 nitrogen and oxygen atoms in total. The summed E-state index contributed by atoms with van der Waals surface area (Å²) >= 11 is 0. The molecule has 1 aliphatic rings. The lowest BCUT2D eigenvalue weighted by molar-refractivity contribution is -0.0106. The Kier molecular flexibility index (Phi) is 4.20. The molecule has 78 valence electrons. The molecule has 2 heteroatoms. The number of piperidine rings is 1. The zero-order chi connectivity index (χ0) is 9.73. The van der Waals surface area contributed by atoms with Gasteiger partial charge >= 0.3 is 0 Å². The van der Waals surface area contributed by atoms with Crippen LogP contribution in [-0.2, 0) is 4.74 Å². The van der Waals surface area contributed by atoms with Gasteiger partial charge in [-0.3, -0.25) is 0 Å². The molecule has 0 spiro atoms. The van der Waals surface area contributed by atoms with Crippen LogP contribution < -0.4 is 5.32 Å². The van der Waals surface area contributed by atoms with E-state index in [1.165, 1.54) is 32.4 Å². The maximum Gasteiger partial charge on any atom is 0.0598 e. The van der Waals surface area contributed by atoms with Gasteiger partial charge in [-0.05, 0) is 59.0 Å². The van der Waals surface area contributed by atoms with Crippen LogP contribution in [0.2, 0.25) is 0 Å². The van der Waals surface area contributed by atoms with Crippen molar-refractivity contribution in [2.45, 2.75) is 45.6 Å². The minimum Gasteiger partial charge on any atom is -0.376 e. The molecule has 0 saturated carbocycles. The molecule has 1 aliphatic heterocycles. The predicted octanol–water partition coefficient (Wildman–Crippen LogP) is 2.19. The van der Waals surface area contributed by atoms with Crippen molar-refractivity contribution >= 4 is 0 Å². The van der Waals surface area contributed by atoms with Gasteiger partial charge in [0.25, 0.3) is 0 Å². The molecule has 1 N–H and O–H groups in total. The molecule has 1 fully saturated rings. The molecule has 0 aromatic carbocycles. The van der Waals surface area contributed by atoms with E-state index < -0.39 is 0 Å². The maximum atomic E-state index is 5.71. The molecule has 0 radical (unpaired) electrons. The molecule has 0 aromatic heterocycles. The van der Waals surface area contributed by atoms with Gasteiger partial charge in [-0.15, -0.1) is 0 Å². The predicted molar refractivity (Wildman–Crippen MR) is 55.9 cm³/mol. The van der Waals surface area contributed by atoms with Crippen LogP contribution in [-0.4, -0.2) is 25.3 Å². The van der Waals surface area contributed by atoms with Gasteiger partial charge in [0.1, 0.15) is 0 Å². The van der Waals surface area contributed by atoms with Gasteiger partial charge < -0.3 is 10.1 Å². The van der Waals surface area contributed by atoms with Crippen molar-refractivity contribution in [1.82, 2.24) is 5.32 Å². The first kappa shape index (κ1) is 11.0. The molecule has 0 aliphatic carbocycles. The molecule has 1 rings (SSSR count). The molecule has 0 unspecified atom stereocenters. The van der Waals surface area contributed by atoms with E-state index in [1.54, 1.807) is 0 Å². The van der Waals surface area contributed by atoms with Crippen LogP contribution in [0.1, 0.15) is 40.0 Å². The van der Waals surface area contributed by atoms with Crippen LogP contribution in [0.15, 0.2) is 0 Å². The minimum absolute atomic E-state index is 0.0346. The molecule has 1 saturated heterocycles. The second-order valence-corrected chi connectivity index (χ2v) is 4.94. The summed E-state index contributed by atoms with van der Waals surface area (Å²) in [5.74, 6) is 0.892. The van der Waals surface area contributed by atoms with Gasteiger partial charge in [0, 0.05) is 6.61 Å². The molecule has 0 amide bonds. The van der Waals surface area contributed by atoms with Crippen LogP contribution in [0.25, 0.3) is 0 Å². The zero-order valence-electron chi connectivity index (χ0n) is 9.23. The summed E-state index contributed by atoms with van der Waals surface area (Å²) in [6.45, 7) is 9.68. The molecule has 1 heterocycles. The lowest BCUT2D eigenvalue weighted by Crippen LogP contribution is -2.29. The highest BCUT2D eigenvalue weighted by Crippen LogP contribution is 2.17. The Hall–Kier alpha value is -0.0800. The smallest absolute Gasteiger partial charge is 0.0598 e. The van der Waals surface area contributed by atoms with Gasteiger partial charge in [-0.25, -0.2) is 0 Å². The normalized spacial score (nSPS) is 20.5. The lowest BCUT2D eigenvalue weighted by atomic mass is 9.95. The Bertz CT molecular complexity index is 134. The summed E-state index contributed by atoms with van der Waals surface area (Å²) in [5.41, 5.74) is 0.0346. The summed E-state index contributed by atoms with van der Waals surface area (Å²) in [4.78, 5) is 0. The average molecular weight is 185 g/mol. The van der Waals surface area contributed by atoms with Crippen LogP contribution in [0.3, 0.4) is 0 Å². The van der Waals surface area contributed by atoms with Gasteiger partial charge in [0.05, 0.1) is 5.60 Å². The first-order valence-electron chi connectivity index (χ1n) is 5.42. The SMILES string of the molecule is CC(C)(C)OCCC1CCNCC1. The van der Waals surface area contributed by atoms with Crippen molar-refractivity contribution in [3.8, 4) is 0 Å². The van der Waals surface area contributed by atoms with Crippen LogP contribution >= 0.6 is 0 Å². The van der Waals surface area contributed by atoms with Gasteiger partial charge in [0.15, 0.2) is 0 Å². The number of nitrogens with one attached hydrogen (secondary N) is 1. The second kappa shape index (κ2) is 4.97. The maximum absolute atomic E-state index is 5.71. The number of rotatable bonds is 3. The van der Waals surface area contributed by atoms with E-state index >= 15 is 0 Å². The molecular weight excluding hydrogens is 162 g/mol. The fourth-order valence-electron chi connectivity index (χ4n) is 1.70. The van der Waals surface area contributed by atoms with Crippen molar-refractivity contribution in [1.29, 1.82) is 0 Å². The lowest BCUT2D eigenvalue weighted by Gasteiger charge is -2.25. The Morgan fingerprint density at radius 2 is 1.85 bits per heavy atom. The van der Waals surface area contributed by atoms with Crippen LogP contribution in [0.5, 0.6) is 0 Å². The third kappa shape index (κ3) is 5.27. The molecule has 0 bridgehead atoms. The minimum atomic E-state index is 0.0346. The summed E-state index contributed by atoms with van der Waals surface area (Å²) in [6, 6.07) is 0. The molecule has 0 aromatic rings. The Labute approximate surface area is 82.0 Å². The van der Waals surface area contributed by atoms with Crippen molar-refractivity contribution in [2.75, 3.05) is 19.7 Å². The standard InChI is InChI=1S/C11H23NO/c1-11(2,3)13-9-6-10-4-7-12-8-5-10/h10,12H,4-9H2,1-3H3. The number of ether oxygens (including phenoxy) is 1. The Balaban J connectivity index is 2.04. The highest BCUT2D eigenvalue weighted by molar-refractivity contribution is 4.69. The Morgan fingerprint density at radius 3 is 2.38 bits per heavy atom. The quantitative estimate of drug-likeness (QED) is 0.727. The van der Waals surface area contributed by atoms with E-state index in [1.807, 2.05) is 0 Å². The van der Waals surface area contributed by atoms with Crippen molar-refractivity contribution in [3.63, 3.8) is 0 Å². The topological polar surface area (TPSA) is 21.3 Å². The van der Waals surface area contributed by atoms with Gasteiger partial charge in [0.2, 0.25) is 0 Å². The fraction of sp³-hybridized carbons (Fsp3) is 1.00. The highest BCUT2D eigenvalue weighted by Gasteiger charge is 2.15. The monoisotopic (exact) mass is 185 g/mol. The second-order valence-electron chi connectivity index (χ2n) is 4.94. The van der Waals surface area contributed by atoms with Gasteiger partial charge in [-0.2, -0.15) is 0 Å². The van der Waals surface area contributed by atoms with Crippen molar-refractivity contribution in [2.24, 2.45) is 5.92 Å². The van der Waals surface area contributed by atoms with Gasteiger partial charge in [-0.1, -0.05) is 0 Å². The number of hydrogen-bond donors (Lipinski definition) is 1. The van der Waals surface area contributed by atoms with Crippen molar-refractivity contribution in [3.05, 3.63) is 0 Å². The average Bonchev–Trinajstić information content (AvgIpc) is 2.04. The molecular formula is C11H23NO. The third-order valence-electron chi connectivity index (χ3n) is 2.52. The summed E-state index contributed by atoms with van der Waals surface area (Å²) in [7, 11) is 0. The first-order chi connectivity index (χ1) is 6.08. The molecule has 13 heavy (non-hydrogen) atoms. The summed E-state index contributed by atoms with van der Waals surface area (Å²) in [6.07, 6.45) is 3.89. The van der Waals surface area contributed by atoms with E-state index in [9.17, 15) is 0 Å². The fourth-order valence-corrected chi connectivity index (χ4v) is 1.70. The third-order valence-corrected chi connectivity index (χ3v) is 2.52. The van der Waals surface area contributed by atoms with E-state index in [0.29, 0.717) is 0 Å². The highest BCUT2D eigenvalue weighted by atomic mass is 16.5. The number of hydrogen-bond acceptors (Lipinski definition) is 2. The van der Waals surface area contributed by atoms with Crippen LogP contribution in [0, 0.1) is 5.92 Å². The van der Waals surface area contributed by atoms with E-state index in [-0.39, 0.29) is 5.60 Å². The largest absolute Gasteiger partial charge is 0.376 e. The zero-order valence-corrected chi connectivity index (χ0v) is 9.23. The van der Waals surface area contributed by atoms with E-state index in [2.05, 4.69) is 26.1 Å². The van der Waals surface area contributed by atoms with Crippen LogP contribution in [0.4, 0.5) is 0 Å². The van der Waals surface area contributed by atoms with Crippen molar-refractivity contribution < 1.29 is 4.74 Å². The summed E-state index contributed by atoms with van der Waals surface area (Å²) in [5, 5.41) is 3.38. The summed E-state index contributed by atoms with van der Waals surface area (Å²) < 4.78 is 5.71. The van der Waals surface area contributed by atoms with E-state index in [0.717, 1.165) is 12.5 Å². The van der Waals surface area contributed by atoms with E-state index in [4.69, 9.17) is 4.74 Å². The Morgan fingerprint density at radius 1 is 1.23 bits per heavy atom. The first-order valence-corrected chi connectivity index (χ1v) is 5.42. The molecule has 0 atom stereocenters.